The van der Waals surface area contributed by atoms with E-state index in [0.29, 0.717) is 10.9 Å². The third-order valence-corrected chi connectivity index (χ3v) is 2.16. The molecule has 0 spiro atoms. The van der Waals surface area contributed by atoms with Crippen molar-refractivity contribution in [2.75, 3.05) is 5.33 Å². The Kier molecular flexibility index (Phi) is 3.27. The molecular weight excluding hydrogens is 218 g/mol. The molecule has 0 bridgehead atoms. The minimum Gasteiger partial charge on any atom is -0.388 e. The van der Waals surface area contributed by atoms with E-state index in [9.17, 15) is 5.11 Å². The molecule has 1 aromatic rings. The van der Waals surface area contributed by atoms with Crippen molar-refractivity contribution in [3.8, 4) is 6.07 Å². The molecule has 0 aliphatic carbocycles. The molecule has 3 heteroatoms. The van der Waals surface area contributed by atoms with Gasteiger partial charge in [0, 0.05) is 5.33 Å². The SMILES string of the molecule is N#Cc1cccc([C@@H](O)CBr)c1. The maximum absolute atomic E-state index is 9.39. The smallest absolute Gasteiger partial charge is 0.0991 e. The molecule has 0 saturated heterocycles. The zero-order valence-electron chi connectivity index (χ0n) is 6.37. The van der Waals surface area contributed by atoms with Crippen molar-refractivity contribution in [2.24, 2.45) is 0 Å². The molecule has 0 aliphatic heterocycles. The molecule has 0 saturated carbocycles. The lowest BCUT2D eigenvalue weighted by molar-refractivity contribution is 0.205. The van der Waals surface area contributed by atoms with Gasteiger partial charge in [-0.3, -0.25) is 0 Å². The Labute approximate surface area is 79.6 Å². The quantitative estimate of drug-likeness (QED) is 0.783. The molecule has 0 aliphatic rings. The lowest BCUT2D eigenvalue weighted by Crippen LogP contribution is -1.97. The van der Waals surface area contributed by atoms with E-state index in [0.717, 1.165) is 5.56 Å². The molecule has 0 radical (unpaired) electrons. The monoisotopic (exact) mass is 225 g/mol. The topological polar surface area (TPSA) is 44.0 Å². The number of hydrogen-bond donors (Lipinski definition) is 1. The average Bonchev–Trinajstić information content (AvgIpc) is 2.17. The van der Waals surface area contributed by atoms with Crippen molar-refractivity contribution < 1.29 is 5.11 Å². The molecule has 0 heterocycles. The maximum atomic E-state index is 9.39. The molecule has 1 N–H and O–H groups in total. The lowest BCUT2D eigenvalue weighted by Gasteiger charge is -2.06. The lowest BCUT2D eigenvalue weighted by atomic mass is 10.1. The predicted molar refractivity (Wildman–Crippen MR) is 49.9 cm³/mol. The number of hydrogen-bond acceptors (Lipinski definition) is 2. The van der Waals surface area contributed by atoms with Gasteiger partial charge in [0.1, 0.15) is 0 Å². The van der Waals surface area contributed by atoms with Crippen LogP contribution in [0.15, 0.2) is 24.3 Å². The summed E-state index contributed by atoms with van der Waals surface area (Å²) in [5.41, 5.74) is 1.35. The normalized spacial score (nSPS) is 12.1. The third-order valence-electron chi connectivity index (χ3n) is 1.55. The average molecular weight is 226 g/mol. The van der Waals surface area contributed by atoms with E-state index in [2.05, 4.69) is 15.9 Å². The summed E-state index contributed by atoms with van der Waals surface area (Å²) in [4.78, 5) is 0. The number of halogens is 1. The predicted octanol–water partition coefficient (Wildman–Crippen LogP) is 1.99. The minimum atomic E-state index is -0.529. The number of alkyl halides is 1. The fourth-order valence-electron chi connectivity index (χ4n) is 0.905. The number of aliphatic hydroxyl groups is 1. The van der Waals surface area contributed by atoms with Crippen LogP contribution in [-0.4, -0.2) is 10.4 Å². The van der Waals surface area contributed by atoms with Crippen LogP contribution in [0, 0.1) is 11.3 Å². The van der Waals surface area contributed by atoms with Crippen molar-refractivity contribution in [2.45, 2.75) is 6.10 Å². The van der Waals surface area contributed by atoms with E-state index >= 15 is 0 Å². The summed E-state index contributed by atoms with van der Waals surface area (Å²) < 4.78 is 0. The van der Waals surface area contributed by atoms with Gasteiger partial charge in [-0.15, -0.1) is 0 Å². The largest absolute Gasteiger partial charge is 0.388 e. The highest BCUT2D eigenvalue weighted by Crippen LogP contribution is 2.15. The Morgan fingerprint density at radius 1 is 1.58 bits per heavy atom. The van der Waals surface area contributed by atoms with Crippen LogP contribution in [0.4, 0.5) is 0 Å². The number of nitrogens with zero attached hydrogens (tertiary/aromatic N) is 1. The molecule has 0 aromatic heterocycles. The maximum Gasteiger partial charge on any atom is 0.0991 e. The number of rotatable bonds is 2. The standard InChI is InChI=1S/C9H8BrNO/c10-5-9(12)8-3-1-2-7(4-8)6-11/h1-4,9,12H,5H2/t9-/m0/s1. The zero-order valence-corrected chi connectivity index (χ0v) is 7.95. The third kappa shape index (κ3) is 2.07. The highest BCUT2D eigenvalue weighted by Gasteiger charge is 2.04. The second kappa shape index (κ2) is 4.24. The van der Waals surface area contributed by atoms with Crippen LogP contribution < -0.4 is 0 Å². The van der Waals surface area contributed by atoms with Crippen molar-refractivity contribution in [3.05, 3.63) is 35.4 Å². The van der Waals surface area contributed by atoms with Gasteiger partial charge in [-0.1, -0.05) is 28.1 Å². The molecule has 1 rings (SSSR count). The van der Waals surface area contributed by atoms with Crippen molar-refractivity contribution >= 4 is 15.9 Å². The van der Waals surface area contributed by atoms with Gasteiger partial charge in [0.2, 0.25) is 0 Å². The van der Waals surface area contributed by atoms with Crippen LogP contribution in [0.1, 0.15) is 17.2 Å². The molecule has 62 valence electrons. The first kappa shape index (κ1) is 9.24. The highest BCUT2D eigenvalue weighted by atomic mass is 79.9. The Morgan fingerprint density at radius 2 is 2.33 bits per heavy atom. The summed E-state index contributed by atoms with van der Waals surface area (Å²) in [6, 6.07) is 8.98. The summed E-state index contributed by atoms with van der Waals surface area (Å²) in [6.07, 6.45) is -0.529. The van der Waals surface area contributed by atoms with E-state index in [4.69, 9.17) is 5.26 Å². The molecular formula is C9H8BrNO. The molecule has 1 atom stereocenters. The fraction of sp³-hybridized carbons (Fsp3) is 0.222. The Balaban J connectivity index is 2.95. The van der Waals surface area contributed by atoms with Gasteiger partial charge in [0.15, 0.2) is 0 Å². The minimum absolute atomic E-state index is 0.488. The number of aliphatic hydroxyl groups excluding tert-OH is 1. The van der Waals surface area contributed by atoms with Gasteiger partial charge in [-0.25, -0.2) is 0 Å². The molecule has 2 nitrogen and oxygen atoms in total. The molecule has 1 aromatic carbocycles. The van der Waals surface area contributed by atoms with Crippen LogP contribution in [-0.2, 0) is 0 Å². The Bertz CT molecular complexity index is 306. The van der Waals surface area contributed by atoms with Crippen LogP contribution in [0.3, 0.4) is 0 Å². The van der Waals surface area contributed by atoms with Crippen molar-refractivity contribution in [1.29, 1.82) is 5.26 Å². The second-order valence-corrected chi connectivity index (χ2v) is 3.05. The Morgan fingerprint density at radius 3 is 2.92 bits per heavy atom. The molecule has 0 fully saturated rings. The molecule has 0 amide bonds. The highest BCUT2D eigenvalue weighted by molar-refractivity contribution is 9.09. The van der Waals surface area contributed by atoms with Crippen LogP contribution in [0.5, 0.6) is 0 Å². The van der Waals surface area contributed by atoms with E-state index in [-0.39, 0.29) is 0 Å². The molecule has 0 unspecified atom stereocenters. The number of nitriles is 1. The summed E-state index contributed by atoms with van der Waals surface area (Å²) in [5.74, 6) is 0. The molecule has 12 heavy (non-hydrogen) atoms. The van der Waals surface area contributed by atoms with Gasteiger partial charge in [0.25, 0.3) is 0 Å². The van der Waals surface area contributed by atoms with Gasteiger partial charge >= 0.3 is 0 Å². The summed E-state index contributed by atoms with van der Waals surface area (Å²) in [6.45, 7) is 0. The van der Waals surface area contributed by atoms with Gasteiger partial charge < -0.3 is 5.11 Å². The first-order chi connectivity index (χ1) is 5.77. The fourth-order valence-corrected chi connectivity index (χ4v) is 1.28. The van der Waals surface area contributed by atoms with Crippen LogP contribution in [0.25, 0.3) is 0 Å². The summed E-state index contributed by atoms with van der Waals surface area (Å²) in [7, 11) is 0. The number of benzene rings is 1. The van der Waals surface area contributed by atoms with E-state index in [1.807, 2.05) is 6.07 Å². The van der Waals surface area contributed by atoms with Gasteiger partial charge in [0.05, 0.1) is 17.7 Å². The van der Waals surface area contributed by atoms with Crippen LogP contribution >= 0.6 is 15.9 Å². The first-order valence-electron chi connectivity index (χ1n) is 3.52. The van der Waals surface area contributed by atoms with E-state index < -0.39 is 6.10 Å². The van der Waals surface area contributed by atoms with Crippen molar-refractivity contribution in [1.82, 2.24) is 0 Å². The Hall–Kier alpha value is -0.850. The second-order valence-electron chi connectivity index (χ2n) is 2.41. The van der Waals surface area contributed by atoms with Crippen LogP contribution in [0.2, 0.25) is 0 Å². The zero-order chi connectivity index (χ0) is 8.97. The van der Waals surface area contributed by atoms with E-state index in [1.54, 1.807) is 24.3 Å². The summed E-state index contributed by atoms with van der Waals surface area (Å²) >= 11 is 3.17. The van der Waals surface area contributed by atoms with Crippen molar-refractivity contribution in [3.63, 3.8) is 0 Å². The summed E-state index contributed by atoms with van der Waals surface area (Å²) in [5, 5.41) is 18.5. The van der Waals surface area contributed by atoms with E-state index in [1.165, 1.54) is 0 Å². The van der Waals surface area contributed by atoms with Gasteiger partial charge in [-0.05, 0) is 17.7 Å². The first-order valence-corrected chi connectivity index (χ1v) is 4.64. The van der Waals surface area contributed by atoms with Gasteiger partial charge in [-0.2, -0.15) is 5.26 Å².